The third kappa shape index (κ3) is 2.78. The summed E-state index contributed by atoms with van der Waals surface area (Å²) in [7, 11) is 0. The number of nitrogens with zero attached hydrogens (tertiary/aromatic N) is 2. The average Bonchev–Trinajstić information content (AvgIpc) is 3.38. The van der Waals surface area contributed by atoms with Crippen LogP contribution in [-0.4, -0.2) is 21.7 Å². The minimum absolute atomic E-state index is 0.0808. The molecule has 0 saturated heterocycles. The monoisotopic (exact) mass is 373 g/mol. The lowest BCUT2D eigenvalue weighted by atomic mass is 10.0. The van der Waals surface area contributed by atoms with Crippen LogP contribution >= 0.6 is 0 Å². The first-order valence-electron chi connectivity index (χ1n) is 9.46. The highest BCUT2D eigenvalue weighted by molar-refractivity contribution is 5.96. The lowest BCUT2D eigenvalue weighted by molar-refractivity contribution is -0.118. The molecule has 28 heavy (non-hydrogen) atoms. The van der Waals surface area contributed by atoms with Gasteiger partial charge in [0.15, 0.2) is 0 Å². The SMILES string of the molecule is O=C(C[C@@H]1OC(=O)c2ccccc21)Nc1c2c(nn1-c1ccccc1)CCC2. The molecule has 2 aliphatic rings. The van der Waals surface area contributed by atoms with E-state index in [1.807, 2.05) is 42.5 Å². The fourth-order valence-electron chi connectivity index (χ4n) is 4.00. The highest BCUT2D eigenvalue weighted by Crippen LogP contribution is 2.34. The number of benzene rings is 2. The Bertz CT molecular complexity index is 1070. The van der Waals surface area contributed by atoms with Crippen molar-refractivity contribution in [3.8, 4) is 5.69 Å². The Kier molecular flexibility index (Phi) is 3.97. The molecule has 1 aliphatic carbocycles. The third-order valence-electron chi connectivity index (χ3n) is 5.31. The van der Waals surface area contributed by atoms with E-state index in [9.17, 15) is 9.59 Å². The van der Waals surface area contributed by atoms with Crippen LogP contribution < -0.4 is 5.32 Å². The number of para-hydroxylation sites is 1. The number of anilines is 1. The molecule has 0 saturated carbocycles. The normalized spacial score (nSPS) is 17.1. The minimum Gasteiger partial charge on any atom is -0.453 e. The first-order valence-corrected chi connectivity index (χ1v) is 9.46. The summed E-state index contributed by atoms with van der Waals surface area (Å²) in [5, 5.41) is 7.74. The zero-order valence-corrected chi connectivity index (χ0v) is 15.2. The average molecular weight is 373 g/mol. The van der Waals surface area contributed by atoms with Gasteiger partial charge in [0.1, 0.15) is 11.9 Å². The molecule has 1 amide bonds. The fourth-order valence-corrected chi connectivity index (χ4v) is 4.00. The second kappa shape index (κ2) is 6.64. The molecule has 1 aromatic heterocycles. The maximum absolute atomic E-state index is 12.8. The smallest absolute Gasteiger partial charge is 0.339 e. The Morgan fingerprint density at radius 1 is 1.11 bits per heavy atom. The molecule has 0 radical (unpaired) electrons. The van der Waals surface area contributed by atoms with Crippen molar-refractivity contribution < 1.29 is 14.3 Å². The van der Waals surface area contributed by atoms with E-state index in [2.05, 4.69) is 5.32 Å². The van der Waals surface area contributed by atoms with Gasteiger partial charge in [0.2, 0.25) is 5.91 Å². The minimum atomic E-state index is -0.551. The van der Waals surface area contributed by atoms with Crippen molar-refractivity contribution in [3.05, 3.63) is 77.0 Å². The van der Waals surface area contributed by atoms with Gasteiger partial charge in [-0.2, -0.15) is 5.10 Å². The summed E-state index contributed by atoms with van der Waals surface area (Å²) in [6.07, 6.45) is 2.40. The van der Waals surface area contributed by atoms with Gasteiger partial charge in [0.05, 0.1) is 23.4 Å². The van der Waals surface area contributed by atoms with Crippen molar-refractivity contribution in [1.82, 2.24) is 9.78 Å². The van der Waals surface area contributed by atoms with E-state index in [4.69, 9.17) is 9.84 Å². The van der Waals surface area contributed by atoms with Crippen molar-refractivity contribution >= 4 is 17.7 Å². The van der Waals surface area contributed by atoms with Gasteiger partial charge in [-0.3, -0.25) is 4.79 Å². The lowest BCUT2D eigenvalue weighted by Crippen LogP contribution is -2.19. The van der Waals surface area contributed by atoms with E-state index in [1.165, 1.54) is 0 Å². The lowest BCUT2D eigenvalue weighted by Gasteiger charge is -2.13. The summed E-state index contributed by atoms with van der Waals surface area (Å²) in [4.78, 5) is 24.8. The number of carbonyl (C=O) groups excluding carboxylic acids is 2. The van der Waals surface area contributed by atoms with E-state index >= 15 is 0 Å². The summed E-state index contributed by atoms with van der Waals surface area (Å²) in [5.41, 5.74) is 4.35. The number of hydrogen-bond donors (Lipinski definition) is 1. The number of carbonyl (C=O) groups is 2. The third-order valence-corrected chi connectivity index (χ3v) is 5.31. The maximum atomic E-state index is 12.8. The Morgan fingerprint density at radius 3 is 2.75 bits per heavy atom. The van der Waals surface area contributed by atoms with E-state index in [-0.39, 0.29) is 18.3 Å². The van der Waals surface area contributed by atoms with Gasteiger partial charge in [-0.25, -0.2) is 9.48 Å². The molecule has 6 heteroatoms. The number of aromatic nitrogens is 2. The van der Waals surface area contributed by atoms with Gasteiger partial charge in [-0.15, -0.1) is 0 Å². The number of amides is 1. The van der Waals surface area contributed by atoms with Crippen LogP contribution in [0.2, 0.25) is 0 Å². The van der Waals surface area contributed by atoms with Crippen LogP contribution in [0.5, 0.6) is 0 Å². The number of ether oxygens (including phenoxy) is 1. The molecule has 0 fully saturated rings. The van der Waals surface area contributed by atoms with Crippen LogP contribution in [0.4, 0.5) is 5.82 Å². The Morgan fingerprint density at radius 2 is 1.89 bits per heavy atom. The van der Waals surface area contributed by atoms with Crippen LogP contribution in [-0.2, 0) is 22.4 Å². The van der Waals surface area contributed by atoms with E-state index in [0.717, 1.165) is 47.6 Å². The largest absolute Gasteiger partial charge is 0.453 e. The van der Waals surface area contributed by atoms with Gasteiger partial charge >= 0.3 is 5.97 Å². The molecule has 1 N–H and O–H groups in total. The number of hydrogen-bond acceptors (Lipinski definition) is 4. The topological polar surface area (TPSA) is 73.2 Å². The van der Waals surface area contributed by atoms with Crippen molar-refractivity contribution in [2.75, 3.05) is 5.32 Å². The van der Waals surface area contributed by atoms with Gasteiger partial charge in [-0.1, -0.05) is 36.4 Å². The van der Waals surface area contributed by atoms with Crippen LogP contribution in [0.15, 0.2) is 54.6 Å². The zero-order chi connectivity index (χ0) is 19.1. The predicted octanol–water partition coefficient (Wildman–Crippen LogP) is 3.60. The zero-order valence-electron chi connectivity index (χ0n) is 15.2. The number of cyclic esters (lactones) is 1. The van der Waals surface area contributed by atoms with E-state index < -0.39 is 6.10 Å². The van der Waals surface area contributed by atoms with Crippen LogP contribution in [0, 0.1) is 0 Å². The molecule has 5 rings (SSSR count). The first kappa shape index (κ1) is 16.7. The Hall–Kier alpha value is -3.41. The molecule has 1 atom stereocenters. The fraction of sp³-hybridized carbons (Fsp3) is 0.227. The summed E-state index contributed by atoms with van der Waals surface area (Å²) in [6.45, 7) is 0. The van der Waals surface area contributed by atoms with Crippen molar-refractivity contribution in [1.29, 1.82) is 0 Å². The van der Waals surface area contributed by atoms with Gasteiger partial charge < -0.3 is 10.1 Å². The number of fused-ring (bicyclic) bond motifs is 2. The molecule has 2 heterocycles. The van der Waals surface area contributed by atoms with Crippen LogP contribution in [0.3, 0.4) is 0 Å². The summed E-state index contributed by atoms with van der Waals surface area (Å²) >= 11 is 0. The second-order valence-electron chi connectivity index (χ2n) is 7.11. The molecule has 2 aromatic carbocycles. The van der Waals surface area contributed by atoms with Crippen molar-refractivity contribution in [2.24, 2.45) is 0 Å². The molecule has 6 nitrogen and oxygen atoms in total. The highest BCUT2D eigenvalue weighted by Gasteiger charge is 2.33. The molecule has 3 aromatic rings. The summed E-state index contributed by atoms with van der Waals surface area (Å²) < 4.78 is 7.21. The number of aryl methyl sites for hydroxylation is 1. The molecule has 140 valence electrons. The number of nitrogens with one attached hydrogen (secondary N) is 1. The second-order valence-corrected chi connectivity index (χ2v) is 7.11. The molecular weight excluding hydrogens is 354 g/mol. The standard InChI is InChI=1S/C22H19N3O3/c26-20(13-19-15-9-4-5-10-16(15)22(27)28-19)23-21-17-11-6-12-18(17)24-25(21)14-7-2-1-3-8-14/h1-5,7-10,19H,6,11-13H2,(H,23,26)/t19-/m0/s1. The Balaban J connectivity index is 1.41. The number of esters is 1. The first-order chi connectivity index (χ1) is 13.7. The number of rotatable bonds is 4. The van der Waals surface area contributed by atoms with Gasteiger partial charge in [0.25, 0.3) is 0 Å². The molecule has 1 aliphatic heterocycles. The van der Waals surface area contributed by atoms with Gasteiger partial charge in [0, 0.05) is 11.1 Å². The Labute approximate surface area is 162 Å². The summed E-state index contributed by atoms with van der Waals surface area (Å²) in [6, 6.07) is 17.0. The van der Waals surface area contributed by atoms with Crippen molar-refractivity contribution in [3.63, 3.8) is 0 Å². The molecule has 0 spiro atoms. The quantitative estimate of drug-likeness (QED) is 0.709. The van der Waals surface area contributed by atoms with E-state index in [0.29, 0.717) is 5.56 Å². The molecule has 0 bridgehead atoms. The van der Waals surface area contributed by atoms with Crippen LogP contribution in [0.25, 0.3) is 5.69 Å². The van der Waals surface area contributed by atoms with Crippen LogP contribution in [0.1, 0.15) is 46.1 Å². The summed E-state index contributed by atoms with van der Waals surface area (Å²) in [5.74, 6) is 0.159. The highest BCUT2D eigenvalue weighted by atomic mass is 16.5. The predicted molar refractivity (Wildman–Crippen MR) is 103 cm³/mol. The maximum Gasteiger partial charge on any atom is 0.339 e. The molecule has 0 unspecified atom stereocenters. The van der Waals surface area contributed by atoms with Crippen molar-refractivity contribution in [2.45, 2.75) is 31.8 Å². The van der Waals surface area contributed by atoms with Gasteiger partial charge in [-0.05, 0) is 37.5 Å². The van der Waals surface area contributed by atoms with E-state index in [1.54, 1.807) is 16.8 Å². The molecular formula is C22H19N3O3.